The van der Waals surface area contributed by atoms with Crippen LogP contribution in [0, 0.1) is 5.82 Å². The van der Waals surface area contributed by atoms with Gasteiger partial charge in [-0.3, -0.25) is 19.4 Å². The zero-order chi connectivity index (χ0) is 29.1. The normalized spacial score (nSPS) is 17.1. The van der Waals surface area contributed by atoms with E-state index in [4.69, 9.17) is 9.47 Å². The molecule has 10 heteroatoms. The number of piperazine rings is 1. The van der Waals surface area contributed by atoms with Crippen molar-refractivity contribution in [2.24, 2.45) is 0 Å². The lowest BCUT2D eigenvalue weighted by Gasteiger charge is -2.39. The molecule has 1 N–H and O–H groups in total. The van der Waals surface area contributed by atoms with E-state index in [1.165, 1.54) is 6.07 Å². The lowest BCUT2D eigenvalue weighted by Crippen LogP contribution is -2.49. The van der Waals surface area contributed by atoms with Crippen LogP contribution in [0.1, 0.15) is 38.1 Å². The molecule has 0 atom stereocenters. The molecule has 6 rings (SSSR count). The molecule has 41 heavy (non-hydrogen) atoms. The second-order valence-electron chi connectivity index (χ2n) is 10.6. The number of hydrogen-bond acceptors (Lipinski definition) is 7. The maximum absolute atomic E-state index is 15.9. The number of amides is 1. The van der Waals surface area contributed by atoms with E-state index in [0.29, 0.717) is 73.8 Å². The van der Waals surface area contributed by atoms with E-state index in [1.54, 1.807) is 10.8 Å². The molecular weight excluding hydrogens is 525 g/mol. The number of benzene rings is 2. The summed E-state index contributed by atoms with van der Waals surface area (Å²) in [6, 6.07) is 9.09. The average Bonchev–Trinajstić information content (AvgIpc) is 3.00. The van der Waals surface area contributed by atoms with Crippen molar-refractivity contribution >= 4 is 22.5 Å². The summed E-state index contributed by atoms with van der Waals surface area (Å²) in [5.41, 5.74) is 0.997. The Kier molecular flexibility index (Phi) is 8.91. The van der Waals surface area contributed by atoms with Gasteiger partial charge in [0.15, 0.2) is 17.3 Å². The van der Waals surface area contributed by atoms with Crippen LogP contribution < -0.4 is 20.4 Å². The molecule has 0 spiro atoms. The topological polar surface area (TPSA) is 79.3 Å². The third kappa shape index (κ3) is 5.68. The van der Waals surface area contributed by atoms with Gasteiger partial charge in [-0.15, -0.1) is 0 Å². The van der Waals surface area contributed by atoms with Crippen molar-refractivity contribution in [3.63, 3.8) is 0 Å². The number of aromatic nitrogens is 1. The van der Waals surface area contributed by atoms with Crippen LogP contribution in [0.4, 0.5) is 10.1 Å². The van der Waals surface area contributed by atoms with E-state index >= 15 is 4.39 Å². The Morgan fingerprint density at radius 1 is 1.05 bits per heavy atom. The standard InChI is InChI=1S/C29H34FN5O4.C2H6/c1-19(2)33-9-11-34(12-10-33)26-22(30)17-20-25-28(26)39-24-6-4-3-5-23(24)35(25)18-21(27(20)36)29(37)31-7-8-32-13-15-38-16-14-32;1-2/h3-6,17-19H,7-16H2,1-2H3,(H,31,37);1-2H3. The van der Waals surface area contributed by atoms with Gasteiger partial charge in [0.2, 0.25) is 5.43 Å². The highest BCUT2D eigenvalue weighted by Crippen LogP contribution is 2.46. The number of rotatable bonds is 6. The summed E-state index contributed by atoms with van der Waals surface area (Å²) < 4.78 is 29.3. The molecule has 4 heterocycles. The molecule has 3 aromatic rings. The quantitative estimate of drug-likeness (QED) is 0.381. The fourth-order valence-corrected chi connectivity index (χ4v) is 5.72. The molecule has 2 fully saturated rings. The summed E-state index contributed by atoms with van der Waals surface area (Å²) in [4.78, 5) is 33.4. The van der Waals surface area contributed by atoms with Crippen molar-refractivity contribution in [3.05, 3.63) is 58.1 Å². The van der Waals surface area contributed by atoms with Crippen LogP contribution in [-0.4, -0.2) is 91.9 Å². The number of morpholine rings is 1. The van der Waals surface area contributed by atoms with Gasteiger partial charge in [-0.2, -0.15) is 0 Å². The molecule has 2 saturated heterocycles. The largest absolute Gasteiger partial charge is 0.451 e. The highest BCUT2D eigenvalue weighted by atomic mass is 19.1. The smallest absolute Gasteiger partial charge is 0.256 e. The summed E-state index contributed by atoms with van der Waals surface area (Å²) in [5.74, 6) is -0.138. The second kappa shape index (κ2) is 12.6. The highest BCUT2D eigenvalue weighted by Gasteiger charge is 2.32. The van der Waals surface area contributed by atoms with Crippen molar-refractivity contribution in [3.8, 4) is 17.2 Å². The monoisotopic (exact) mass is 565 g/mol. The van der Waals surface area contributed by atoms with E-state index in [0.717, 1.165) is 26.2 Å². The summed E-state index contributed by atoms with van der Waals surface area (Å²) >= 11 is 0. The SMILES string of the molecule is CC.CC(C)N1CCN(c2c(F)cc3c(=O)c(C(=O)NCCN4CCOCC4)cn4c3c2Oc2ccccc2-4)CC1. The summed E-state index contributed by atoms with van der Waals surface area (Å²) in [5, 5.41) is 3.01. The van der Waals surface area contributed by atoms with Gasteiger partial charge in [0.25, 0.3) is 5.91 Å². The molecule has 0 bridgehead atoms. The van der Waals surface area contributed by atoms with Gasteiger partial charge in [0.05, 0.1) is 24.3 Å². The van der Waals surface area contributed by atoms with Crippen LogP contribution in [-0.2, 0) is 4.74 Å². The van der Waals surface area contributed by atoms with Crippen molar-refractivity contribution in [2.75, 3.05) is 70.5 Å². The van der Waals surface area contributed by atoms with Crippen LogP contribution in [0.2, 0.25) is 0 Å². The van der Waals surface area contributed by atoms with Gasteiger partial charge in [0, 0.05) is 64.6 Å². The molecule has 0 unspecified atom stereocenters. The Hall–Kier alpha value is -3.47. The van der Waals surface area contributed by atoms with E-state index in [-0.39, 0.29) is 10.9 Å². The van der Waals surface area contributed by atoms with Gasteiger partial charge >= 0.3 is 0 Å². The molecular formula is C31H40FN5O4. The average molecular weight is 566 g/mol. The van der Waals surface area contributed by atoms with Gasteiger partial charge in [-0.25, -0.2) is 4.39 Å². The Balaban J connectivity index is 0.00000165. The van der Waals surface area contributed by atoms with E-state index in [1.807, 2.05) is 43.0 Å². The Morgan fingerprint density at radius 3 is 2.46 bits per heavy atom. The maximum Gasteiger partial charge on any atom is 0.256 e. The van der Waals surface area contributed by atoms with Gasteiger partial charge in [-0.05, 0) is 32.0 Å². The zero-order valence-electron chi connectivity index (χ0n) is 24.4. The number of carbonyl (C=O) groups is 1. The highest BCUT2D eigenvalue weighted by molar-refractivity contribution is 6.01. The van der Waals surface area contributed by atoms with Gasteiger partial charge < -0.3 is 24.3 Å². The Labute approximate surface area is 240 Å². The number of fused-ring (bicyclic) bond motifs is 2. The number of hydrogen-bond donors (Lipinski definition) is 1. The summed E-state index contributed by atoms with van der Waals surface area (Å²) in [6.45, 7) is 15.3. The fraction of sp³-hybridized carbons (Fsp3) is 0.484. The van der Waals surface area contributed by atoms with Crippen LogP contribution >= 0.6 is 0 Å². The van der Waals surface area contributed by atoms with E-state index in [9.17, 15) is 9.59 Å². The van der Waals surface area contributed by atoms with E-state index in [2.05, 4.69) is 29.0 Å². The first-order chi connectivity index (χ1) is 19.9. The minimum atomic E-state index is -0.525. The van der Waals surface area contributed by atoms with Crippen molar-refractivity contribution in [1.82, 2.24) is 19.7 Å². The number of pyridine rings is 1. The number of nitrogens with one attached hydrogen (secondary N) is 1. The molecule has 3 aliphatic heterocycles. The van der Waals surface area contributed by atoms with Crippen LogP contribution in [0.25, 0.3) is 16.6 Å². The first-order valence-corrected chi connectivity index (χ1v) is 14.7. The number of halogens is 1. The number of para-hydroxylation sites is 2. The lowest BCUT2D eigenvalue weighted by molar-refractivity contribution is 0.0383. The number of carbonyl (C=O) groups excluding carboxylic acids is 1. The van der Waals surface area contributed by atoms with Crippen molar-refractivity contribution in [2.45, 2.75) is 33.7 Å². The molecule has 2 aromatic carbocycles. The van der Waals surface area contributed by atoms with Crippen LogP contribution in [0.5, 0.6) is 11.5 Å². The maximum atomic E-state index is 15.9. The summed E-state index contributed by atoms with van der Waals surface area (Å²) in [6.07, 6.45) is 1.57. The molecule has 0 radical (unpaired) electrons. The number of ether oxygens (including phenoxy) is 2. The lowest BCUT2D eigenvalue weighted by atomic mass is 10.0. The predicted octanol–water partition coefficient (Wildman–Crippen LogP) is 3.85. The fourth-order valence-electron chi connectivity index (χ4n) is 5.72. The Morgan fingerprint density at radius 2 is 1.76 bits per heavy atom. The molecule has 1 aromatic heterocycles. The first kappa shape index (κ1) is 29.0. The van der Waals surface area contributed by atoms with Gasteiger partial charge in [-0.1, -0.05) is 26.0 Å². The van der Waals surface area contributed by atoms with Gasteiger partial charge in [0.1, 0.15) is 16.8 Å². The van der Waals surface area contributed by atoms with Crippen molar-refractivity contribution < 1.29 is 18.7 Å². The predicted molar refractivity (Wildman–Crippen MR) is 159 cm³/mol. The Bertz CT molecular complexity index is 1460. The minimum Gasteiger partial charge on any atom is -0.451 e. The third-order valence-corrected chi connectivity index (χ3v) is 7.93. The third-order valence-electron chi connectivity index (χ3n) is 7.93. The summed E-state index contributed by atoms with van der Waals surface area (Å²) in [7, 11) is 0. The molecule has 0 aliphatic carbocycles. The molecule has 0 saturated carbocycles. The molecule has 220 valence electrons. The molecule has 9 nitrogen and oxygen atoms in total. The minimum absolute atomic E-state index is 0.0233. The molecule has 1 amide bonds. The van der Waals surface area contributed by atoms with Crippen molar-refractivity contribution in [1.29, 1.82) is 0 Å². The first-order valence-electron chi connectivity index (χ1n) is 14.7. The molecule has 3 aliphatic rings. The number of nitrogens with zero attached hydrogens (tertiary/aromatic N) is 4. The van der Waals surface area contributed by atoms with Crippen LogP contribution in [0.15, 0.2) is 41.3 Å². The zero-order valence-corrected chi connectivity index (χ0v) is 24.4. The van der Waals surface area contributed by atoms with E-state index < -0.39 is 17.2 Å². The number of anilines is 1. The van der Waals surface area contributed by atoms with Crippen LogP contribution in [0.3, 0.4) is 0 Å². The second-order valence-corrected chi connectivity index (χ2v) is 10.6.